The molecule has 0 saturated heterocycles. The van der Waals surface area contributed by atoms with Gasteiger partial charge >= 0.3 is 10.2 Å². The standard InChI is InChI=1S/C10H16N2O2S/c1-8-5-6-9(2)10(7-8)11-15(13,14)12(3)4/h5-7,11H,1-4H3. The van der Waals surface area contributed by atoms with E-state index in [2.05, 4.69) is 4.72 Å². The Labute approximate surface area is 91.1 Å². The van der Waals surface area contributed by atoms with Gasteiger partial charge < -0.3 is 0 Å². The van der Waals surface area contributed by atoms with Crippen molar-refractivity contribution in [2.45, 2.75) is 13.8 Å². The second kappa shape index (κ2) is 4.20. The summed E-state index contributed by atoms with van der Waals surface area (Å²) in [6.07, 6.45) is 0. The molecule has 1 N–H and O–H groups in total. The molecule has 15 heavy (non-hydrogen) atoms. The third-order valence-corrected chi connectivity index (χ3v) is 3.55. The Morgan fingerprint density at radius 1 is 1.20 bits per heavy atom. The minimum atomic E-state index is -3.41. The summed E-state index contributed by atoms with van der Waals surface area (Å²) in [5.74, 6) is 0. The van der Waals surface area contributed by atoms with E-state index in [4.69, 9.17) is 0 Å². The van der Waals surface area contributed by atoms with Gasteiger partial charge in [0.25, 0.3) is 0 Å². The molecule has 0 saturated carbocycles. The van der Waals surface area contributed by atoms with Gasteiger partial charge in [-0.1, -0.05) is 12.1 Å². The molecular formula is C10H16N2O2S. The summed E-state index contributed by atoms with van der Waals surface area (Å²) in [6, 6.07) is 5.65. The van der Waals surface area contributed by atoms with Gasteiger partial charge in [0.15, 0.2) is 0 Å². The summed E-state index contributed by atoms with van der Waals surface area (Å²) in [7, 11) is -0.420. The summed E-state index contributed by atoms with van der Waals surface area (Å²) in [5, 5.41) is 0. The van der Waals surface area contributed by atoms with E-state index in [0.29, 0.717) is 5.69 Å². The minimum absolute atomic E-state index is 0.628. The first-order valence-electron chi connectivity index (χ1n) is 4.60. The normalized spacial score (nSPS) is 11.8. The number of aryl methyl sites for hydroxylation is 2. The van der Waals surface area contributed by atoms with Crippen molar-refractivity contribution in [2.75, 3.05) is 18.8 Å². The lowest BCUT2D eigenvalue weighted by Gasteiger charge is -2.15. The molecule has 0 unspecified atom stereocenters. The van der Waals surface area contributed by atoms with Crippen molar-refractivity contribution in [1.82, 2.24) is 4.31 Å². The average molecular weight is 228 g/mol. The van der Waals surface area contributed by atoms with Gasteiger partial charge in [-0.2, -0.15) is 12.7 Å². The highest BCUT2D eigenvalue weighted by Gasteiger charge is 2.13. The predicted octanol–water partition coefficient (Wildman–Crippen LogP) is 1.52. The maximum absolute atomic E-state index is 11.6. The fraction of sp³-hybridized carbons (Fsp3) is 0.400. The zero-order valence-corrected chi connectivity index (χ0v) is 10.2. The van der Waals surface area contributed by atoms with Gasteiger partial charge in [-0.15, -0.1) is 0 Å². The first-order chi connectivity index (χ1) is 6.83. The number of hydrogen-bond donors (Lipinski definition) is 1. The van der Waals surface area contributed by atoms with Crippen molar-refractivity contribution in [2.24, 2.45) is 0 Å². The van der Waals surface area contributed by atoms with Crippen LogP contribution >= 0.6 is 0 Å². The Morgan fingerprint density at radius 3 is 2.33 bits per heavy atom. The van der Waals surface area contributed by atoms with Crippen LogP contribution in [-0.2, 0) is 10.2 Å². The van der Waals surface area contributed by atoms with E-state index in [1.165, 1.54) is 14.1 Å². The van der Waals surface area contributed by atoms with Crippen LogP contribution in [0.5, 0.6) is 0 Å². The van der Waals surface area contributed by atoms with E-state index in [-0.39, 0.29) is 0 Å². The molecule has 1 aromatic rings. The van der Waals surface area contributed by atoms with Gasteiger partial charge in [0, 0.05) is 14.1 Å². The van der Waals surface area contributed by atoms with E-state index >= 15 is 0 Å². The Kier molecular flexibility index (Phi) is 3.36. The fourth-order valence-corrected chi connectivity index (χ4v) is 1.76. The quantitative estimate of drug-likeness (QED) is 0.852. The molecule has 84 valence electrons. The van der Waals surface area contributed by atoms with Gasteiger partial charge in [-0.3, -0.25) is 4.72 Å². The van der Waals surface area contributed by atoms with Gasteiger partial charge in [-0.25, -0.2) is 0 Å². The van der Waals surface area contributed by atoms with E-state index < -0.39 is 10.2 Å². The fourth-order valence-electron chi connectivity index (χ4n) is 1.08. The van der Waals surface area contributed by atoms with Crippen LogP contribution in [0, 0.1) is 13.8 Å². The van der Waals surface area contributed by atoms with Gasteiger partial charge in [0.2, 0.25) is 0 Å². The monoisotopic (exact) mass is 228 g/mol. The molecule has 4 nitrogen and oxygen atoms in total. The van der Waals surface area contributed by atoms with Crippen molar-refractivity contribution in [3.05, 3.63) is 29.3 Å². The van der Waals surface area contributed by atoms with Crippen LogP contribution in [0.25, 0.3) is 0 Å². The highest BCUT2D eigenvalue weighted by atomic mass is 32.2. The molecule has 0 fully saturated rings. The lowest BCUT2D eigenvalue weighted by Crippen LogP contribution is -2.29. The Morgan fingerprint density at radius 2 is 1.80 bits per heavy atom. The third kappa shape index (κ3) is 2.94. The number of hydrogen-bond acceptors (Lipinski definition) is 2. The van der Waals surface area contributed by atoms with Crippen LogP contribution in [0.2, 0.25) is 0 Å². The SMILES string of the molecule is Cc1ccc(C)c(NS(=O)(=O)N(C)C)c1. The molecule has 0 heterocycles. The largest absolute Gasteiger partial charge is 0.301 e. The van der Waals surface area contributed by atoms with Crippen molar-refractivity contribution >= 4 is 15.9 Å². The molecule has 0 bridgehead atoms. The number of nitrogens with zero attached hydrogens (tertiary/aromatic N) is 1. The smallest absolute Gasteiger partial charge is 0.271 e. The summed E-state index contributed by atoms with van der Waals surface area (Å²) in [5.41, 5.74) is 2.56. The lowest BCUT2D eigenvalue weighted by atomic mass is 10.1. The molecule has 5 heteroatoms. The number of benzene rings is 1. The number of anilines is 1. The highest BCUT2D eigenvalue weighted by Crippen LogP contribution is 2.18. The molecule has 0 radical (unpaired) electrons. The zero-order valence-electron chi connectivity index (χ0n) is 9.40. The van der Waals surface area contributed by atoms with E-state index in [1.807, 2.05) is 32.0 Å². The van der Waals surface area contributed by atoms with Crippen molar-refractivity contribution in [3.63, 3.8) is 0 Å². The second-order valence-electron chi connectivity index (χ2n) is 3.71. The number of rotatable bonds is 3. The second-order valence-corrected chi connectivity index (χ2v) is 5.59. The Hall–Kier alpha value is -1.07. The summed E-state index contributed by atoms with van der Waals surface area (Å²) >= 11 is 0. The molecule has 0 aliphatic carbocycles. The molecule has 1 rings (SSSR count). The average Bonchev–Trinajstić information content (AvgIpc) is 2.10. The van der Waals surface area contributed by atoms with Gasteiger partial charge in [-0.05, 0) is 31.0 Å². The molecule has 0 aliphatic rings. The summed E-state index contributed by atoms with van der Waals surface area (Å²) in [6.45, 7) is 3.79. The van der Waals surface area contributed by atoms with E-state index in [1.54, 1.807) is 0 Å². The lowest BCUT2D eigenvalue weighted by molar-refractivity contribution is 0.527. The molecule has 1 aromatic carbocycles. The molecule has 0 aliphatic heterocycles. The zero-order chi connectivity index (χ0) is 11.6. The maximum atomic E-state index is 11.6. The Balaban J connectivity index is 3.05. The van der Waals surface area contributed by atoms with Crippen molar-refractivity contribution in [3.8, 4) is 0 Å². The maximum Gasteiger partial charge on any atom is 0.301 e. The van der Waals surface area contributed by atoms with E-state index in [9.17, 15) is 8.42 Å². The predicted molar refractivity (Wildman–Crippen MR) is 62.1 cm³/mol. The van der Waals surface area contributed by atoms with Crippen LogP contribution in [0.1, 0.15) is 11.1 Å². The Bertz CT molecular complexity index is 452. The third-order valence-electron chi connectivity index (χ3n) is 2.11. The van der Waals surface area contributed by atoms with Crippen LogP contribution in [-0.4, -0.2) is 26.8 Å². The van der Waals surface area contributed by atoms with Crippen molar-refractivity contribution < 1.29 is 8.42 Å². The van der Waals surface area contributed by atoms with E-state index in [0.717, 1.165) is 15.4 Å². The van der Waals surface area contributed by atoms with Crippen LogP contribution in [0.4, 0.5) is 5.69 Å². The number of nitrogens with one attached hydrogen (secondary N) is 1. The summed E-state index contributed by atoms with van der Waals surface area (Å²) < 4.78 is 26.8. The highest BCUT2D eigenvalue weighted by molar-refractivity contribution is 7.90. The molecule has 0 atom stereocenters. The van der Waals surface area contributed by atoms with Crippen LogP contribution < -0.4 is 4.72 Å². The van der Waals surface area contributed by atoms with Crippen LogP contribution in [0.15, 0.2) is 18.2 Å². The summed E-state index contributed by atoms with van der Waals surface area (Å²) in [4.78, 5) is 0. The minimum Gasteiger partial charge on any atom is -0.271 e. The molecule has 0 spiro atoms. The molecule has 0 amide bonds. The topological polar surface area (TPSA) is 49.4 Å². The van der Waals surface area contributed by atoms with Crippen molar-refractivity contribution in [1.29, 1.82) is 0 Å². The van der Waals surface area contributed by atoms with Gasteiger partial charge in [0.1, 0.15) is 0 Å². The molecule has 0 aromatic heterocycles. The van der Waals surface area contributed by atoms with Crippen LogP contribution in [0.3, 0.4) is 0 Å². The first-order valence-corrected chi connectivity index (χ1v) is 6.04. The first kappa shape index (κ1) is 12.0. The van der Waals surface area contributed by atoms with Gasteiger partial charge in [0.05, 0.1) is 5.69 Å². The molecular weight excluding hydrogens is 212 g/mol.